The van der Waals surface area contributed by atoms with E-state index in [1.807, 2.05) is 48.7 Å². The van der Waals surface area contributed by atoms with Crippen molar-refractivity contribution < 1.29 is 14.3 Å². The Morgan fingerprint density at radius 3 is 2.37 bits per heavy atom. The maximum Gasteiger partial charge on any atom is 0.270 e. The summed E-state index contributed by atoms with van der Waals surface area (Å²) in [6.45, 7) is 0. The predicted octanol–water partition coefficient (Wildman–Crippen LogP) is 5.09. The highest BCUT2D eigenvalue weighted by atomic mass is 32.2. The standard InChI is InChI=1S/C22H16N2O3S3/c1-29-19-12-11-17(30-19)13-18-20(25)23-22(28)24(21(18)26)14-7-9-16(10-8-14)27-15-5-3-2-4-6-15/h2-13H,1H3,(H,23,25,28). The summed E-state index contributed by atoms with van der Waals surface area (Å²) < 4.78 is 6.89. The van der Waals surface area contributed by atoms with Gasteiger partial charge in [-0.05, 0) is 73.1 Å². The molecule has 1 fully saturated rings. The number of nitrogens with one attached hydrogen (secondary N) is 1. The Labute approximate surface area is 187 Å². The SMILES string of the molecule is CSc1ccc(C=C2C(=O)NC(=S)N(c3ccc(Oc4ccccc4)cc3)C2=O)s1. The first kappa shape index (κ1) is 20.3. The zero-order chi connectivity index (χ0) is 21.1. The third kappa shape index (κ3) is 4.30. The average molecular weight is 453 g/mol. The molecule has 1 aliphatic rings. The van der Waals surface area contributed by atoms with Crippen LogP contribution in [0, 0.1) is 0 Å². The van der Waals surface area contributed by atoms with E-state index in [0.717, 1.165) is 9.09 Å². The van der Waals surface area contributed by atoms with Crippen molar-refractivity contribution in [3.8, 4) is 11.5 Å². The van der Waals surface area contributed by atoms with Gasteiger partial charge in [-0.15, -0.1) is 23.1 Å². The molecule has 5 nitrogen and oxygen atoms in total. The molecule has 0 unspecified atom stereocenters. The van der Waals surface area contributed by atoms with E-state index in [1.165, 1.54) is 16.2 Å². The molecule has 0 aliphatic carbocycles. The first-order chi connectivity index (χ1) is 14.5. The molecule has 3 aromatic rings. The average Bonchev–Trinajstić information content (AvgIpc) is 3.21. The van der Waals surface area contributed by atoms with Gasteiger partial charge in [0, 0.05) is 4.88 Å². The van der Waals surface area contributed by atoms with Crippen LogP contribution in [0.4, 0.5) is 5.69 Å². The maximum atomic E-state index is 13.1. The number of thiocarbonyl (C=S) groups is 1. The van der Waals surface area contributed by atoms with Crippen LogP contribution < -0.4 is 15.0 Å². The third-order valence-electron chi connectivity index (χ3n) is 4.27. The van der Waals surface area contributed by atoms with Crippen LogP contribution in [0.2, 0.25) is 0 Å². The number of thioether (sulfide) groups is 1. The maximum absolute atomic E-state index is 13.1. The second-order valence-electron chi connectivity index (χ2n) is 6.23. The fraction of sp³-hybridized carbons (Fsp3) is 0.0455. The molecule has 0 radical (unpaired) electrons. The van der Waals surface area contributed by atoms with E-state index in [9.17, 15) is 9.59 Å². The number of para-hydroxylation sites is 1. The lowest BCUT2D eigenvalue weighted by Gasteiger charge is -2.28. The van der Waals surface area contributed by atoms with Crippen molar-refractivity contribution in [3.05, 3.63) is 77.2 Å². The first-order valence-electron chi connectivity index (χ1n) is 8.93. The minimum Gasteiger partial charge on any atom is -0.457 e. The topological polar surface area (TPSA) is 58.6 Å². The van der Waals surface area contributed by atoms with Crippen LogP contribution in [-0.4, -0.2) is 23.2 Å². The van der Waals surface area contributed by atoms with Gasteiger partial charge in [0.2, 0.25) is 0 Å². The Hall–Kier alpha value is -2.94. The number of thiophene rings is 1. The monoisotopic (exact) mass is 452 g/mol. The molecule has 8 heteroatoms. The summed E-state index contributed by atoms with van der Waals surface area (Å²) in [5, 5.41) is 2.65. The molecule has 2 amide bonds. The van der Waals surface area contributed by atoms with Gasteiger partial charge >= 0.3 is 0 Å². The third-order valence-corrected chi connectivity index (χ3v) is 6.67. The second-order valence-corrected chi connectivity index (χ2v) is 8.84. The number of carbonyl (C=O) groups excluding carboxylic acids is 2. The molecule has 30 heavy (non-hydrogen) atoms. The van der Waals surface area contributed by atoms with Crippen molar-refractivity contribution in [2.75, 3.05) is 11.2 Å². The van der Waals surface area contributed by atoms with Gasteiger partial charge in [0.15, 0.2) is 5.11 Å². The van der Waals surface area contributed by atoms with Crippen molar-refractivity contribution >= 4 is 64.0 Å². The van der Waals surface area contributed by atoms with Crippen molar-refractivity contribution in [1.82, 2.24) is 5.32 Å². The largest absolute Gasteiger partial charge is 0.457 e. The Bertz CT molecular complexity index is 1140. The number of benzene rings is 2. The van der Waals surface area contributed by atoms with E-state index in [0.29, 0.717) is 17.2 Å². The molecule has 0 spiro atoms. The fourth-order valence-electron chi connectivity index (χ4n) is 2.84. The summed E-state index contributed by atoms with van der Waals surface area (Å²) in [4.78, 5) is 27.6. The Morgan fingerprint density at radius 1 is 1.00 bits per heavy atom. The quantitative estimate of drug-likeness (QED) is 0.253. The van der Waals surface area contributed by atoms with Crippen molar-refractivity contribution in [3.63, 3.8) is 0 Å². The second kappa shape index (κ2) is 8.83. The van der Waals surface area contributed by atoms with Gasteiger partial charge in [0.05, 0.1) is 9.90 Å². The van der Waals surface area contributed by atoms with Gasteiger partial charge in [-0.1, -0.05) is 18.2 Å². The molecule has 1 aliphatic heterocycles. The minimum atomic E-state index is -0.496. The van der Waals surface area contributed by atoms with Gasteiger partial charge in [-0.2, -0.15) is 0 Å². The normalized spacial score (nSPS) is 15.4. The molecule has 0 atom stereocenters. The molecule has 2 heterocycles. The lowest BCUT2D eigenvalue weighted by molar-refractivity contribution is -0.122. The summed E-state index contributed by atoms with van der Waals surface area (Å²) in [7, 11) is 0. The molecular weight excluding hydrogens is 436 g/mol. The van der Waals surface area contributed by atoms with Crippen LogP contribution in [-0.2, 0) is 9.59 Å². The van der Waals surface area contributed by atoms with Crippen molar-refractivity contribution in [2.24, 2.45) is 0 Å². The Balaban J connectivity index is 1.58. The van der Waals surface area contributed by atoms with Gasteiger partial charge in [-0.25, -0.2) is 0 Å². The fourth-order valence-corrected chi connectivity index (χ4v) is 4.63. The van der Waals surface area contributed by atoms with Crippen LogP contribution in [0.5, 0.6) is 11.5 Å². The summed E-state index contributed by atoms with van der Waals surface area (Å²) in [5.41, 5.74) is 0.593. The van der Waals surface area contributed by atoms with Crippen LogP contribution in [0.25, 0.3) is 6.08 Å². The van der Waals surface area contributed by atoms with Gasteiger partial charge in [0.25, 0.3) is 11.8 Å². The van der Waals surface area contributed by atoms with E-state index >= 15 is 0 Å². The van der Waals surface area contributed by atoms with Crippen molar-refractivity contribution in [1.29, 1.82) is 0 Å². The smallest absolute Gasteiger partial charge is 0.270 e. The van der Waals surface area contributed by atoms with Crippen LogP contribution in [0.15, 0.2) is 76.5 Å². The molecule has 4 rings (SSSR count). The molecular formula is C22H16N2O3S3. The molecule has 2 aromatic carbocycles. The summed E-state index contributed by atoms with van der Waals surface area (Å²) >= 11 is 8.39. The highest BCUT2D eigenvalue weighted by molar-refractivity contribution is 8.00. The van der Waals surface area contributed by atoms with Crippen LogP contribution in [0.1, 0.15) is 4.88 Å². The molecule has 1 aromatic heterocycles. The number of ether oxygens (including phenoxy) is 1. The number of hydrogen-bond acceptors (Lipinski definition) is 6. The van der Waals surface area contributed by atoms with E-state index < -0.39 is 11.8 Å². The molecule has 150 valence electrons. The van der Waals surface area contributed by atoms with Crippen LogP contribution >= 0.6 is 35.3 Å². The highest BCUT2D eigenvalue weighted by Gasteiger charge is 2.34. The number of rotatable bonds is 5. The van der Waals surface area contributed by atoms with Crippen molar-refractivity contribution in [2.45, 2.75) is 4.21 Å². The van der Waals surface area contributed by atoms with E-state index in [4.69, 9.17) is 17.0 Å². The lowest BCUT2D eigenvalue weighted by atomic mass is 10.1. The Kier molecular flexibility index (Phi) is 5.98. The molecule has 0 saturated carbocycles. The number of hydrogen-bond donors (Lipinski definition) is 1. The van der Waals surface area contributed by atoms with Crippen LogP contribution in [0.3, 0.4) is 0 Å². The zero-order valence-electron chi connectivity index (χ0n) is 15.8. The Morgan fingerprint density at radius 2 is 1.70 bits per heavy atom. The zero-order valence-corrected chi connectivity index (χ0v) is 18.3. The lowest BCUT2D eigenvalue weighted by Crippen LogP contribution is -2.54. The summed E-state index contributed by atoms with van der Waals surface area (Å²) in [6, 6.07) is 20.2. The number of carbonyl (C=O) groups is 2. The highest BCUT2D eigenvalue weighted by Crippen LogP contribution is 2.29. The van der Waals surface area contributed by atoms with E-state index in [2.05, 4.69) is 5.32 Å². The van der Waals surface area contributed by atoms with Gasteiger partial charge in [-0.3, -0.25) is 19.8 Å². The number of nitrogens with zero attached hydrogens (tertiary/aromatic N) is 1. The summed E-state index contributed by atoms with van der Waals surface area (Å²) in [6.07, 6.45) is 3.58. The van der Waals surface area contributed by atoms with E-state index in [1.54, 1.807) is 42.1 Å². The molecule has 1 saturated heterocycles. The number of anilines is 1. The van der Waals surface area contributed by atoms with Gasteiger partial charge < -0.3 is 4.74 Å². The summed E-state index contributed by atoms with van der Waals surface area (Å²) in [5.74, 6) is 0.389. The minimum absolute atomic E-state index is 0.0442. The van der Waals surface area contributed by atoms with E-state index in [-0.39, 0.29) is 10.7 Å². The predicted molar refractivity (Wildman–Crippen MR) is 125 cm³/mol. The number of amides is 2. The first-order valence-corrected chi connectivity index (χ1v) is 11.4. The van der Waals surface area contributed by atoms with Gasteiger partial charge in [0.1, 0.15) is 17.1 Å². The molecule has 0 bridgehead atoms. The molecule has 1 N–H and O–H groups in total.